The molecule has 1 amide bonds. The van der Waals surface area contributed by atoms with Gasteiger partial charge in [0, 0.05) is 35.7 Å². The van der Waals surface area contributed by atoms with Crippen molar-refractivity contribution >= 4 is 38.9 Å². The summed E-state index contributed by atoms with van der Waals surface area (Å²) in [6.45, 7) is 2.17. The number of amides is 1. The Morgan fingerprint density at radius 1 is 1.28 bits per heavy atom. The molecule has 1 aliphatic heterocycles. The number of nitrogens with zero attached hydrogens (tertiary/aromatic N) is 4. The molecule has 7 nitrogen and oxygen atoms in total. The van der Waals surface area contributed by atoms with Gasteiger partial charge in [-0.1, -0.05) is 46.3 Å². The monoisotopic (exact) mass is 456 g/mol. The van der Waals surface area contributed by atoms with E-state index in [2.05, 4.69) is 20.9 Å². The quantitative estimate of drug-likeness (QED) is 0.629. The lowest BCUT2D eigenvalue weighted by Crippen LogP contribution is -2.53. The molecule has 0 bridgehead atoms. The molecule has 2 aromatic carbocycles. The van der Waals surface area contributed by atoms with E-state index in [1.165, 1.54) is 4.90 Å². The van der Waals surface area contributed by atoms with Crippen molar-refractivity contribution in [3.63, 3.8) is 0 Å². The van der Waals surface area contributed by atoms with Crippen LogP contribution in [0, 0.1) is 0 Å². The minimum absolute atomic E-state index is 0.283. The first-order chi connectivity index (χ1) is 14.1. The van der Waals surface area contributed by atoms with Gasteiger partial charge in [-0.05, 0) is 23.8 Å². The lowest BCUT2D eigenvalue weighted by molar-refractivity contribution is 0.00237. The van der Waals surface area contributed by atoms with E-state index in [9.17, 15) is 9.90 Å². The fourth-order valence-corrected chi connectivity index (χ4v) is 3.86. The number of anilines is 1. The van der Waals surface area contributed by atoms with Crippen molar-refractivity contribution in [3.05, 3.63) is 64.8 Å². The summed E-state index contributed by atoms with van der Waals surface area (Å²) < 4.78 is 6.53. The van der Waals surface area contributed by atoms with Gasteiger partial charge in [0.25, 0.3) is 0 Å². The highest BCUT2D eigenvalue weighted by Gasteiger charge is 2.29. The number of hydrogen-bond acceptors (Lipinski definition) is 5. The summed E-state index contributed by atoms with van der Waals surface area (Å²) in [6.07, 6.45) is 0.870. The highest BCUT2D eigenvalue weighted by atomic mass is 79.9. The standard InChI is InChI=1S/C21H21BrN4O3/c22-17-6-7-19-16(10-17)11-23-20(24-19)25(12-15-4-2-1-3-5-15)13-18-14-29-9-8-26(18)21(27)28/h1-7,10-11,18H,8-9,12-14H2,(H,27,28)/t18-/m1/s1. The van der Waals surface area contributed by atoms with Crippen molar-refractivity contribution in [1.82, 2.24) is 14.9 Å². The normalized spacial score (nSPS) is 16.7. The number of halogens is 1. The first-order valence-corrected chi connectivity index (χ1v) is 10.2. The van der Waals surface area contributed by atoms with Crippen molar-refractivity contribution in [2.24, 2.45) is 0 Å². The number of ether oxygens (including phenoxy) is 1. The van der Waals surface area contributed by atoms with Gasteiger partial charge < -0.3 is 14.7 Å². The molecule has 0 aliphatic carbocycles. The van der Waals surface area contributed by atoms with Crippen LogP contribution in [-0.4, -0.2) is 58.4 Å². The molecule has 3 aromatic rings. The molecule has 0 spiro atoms. The Balaban J connectivity index is 1.66. The third-order valence-electron chi connectivity index (χ3n) is 4.93. The van der Waals surface area contributed by atoms with Crippen LogP contribution in [-0.2, 0) is 11.3 Å². The van der Waals surface area contributed by atoms with Crippen LogP contribution in [0.5, 0.6) is 0 Å². The van der Waals surface area contributed by atoms with Gasteiger partial charge in [0.1, 0.15) is 0 Å². The third kappa shape index (κ3) is 4.65. The number of carboxylic acid groups (broad SMARTS) is 1. The zero-order valence-corrected chi connectivity index (χ0v) is 17.3. The average Bonchev–Trinajstić information content (AvgIpc) is 2.74. The molecule has 1 aromatic heterocycles. The maximum Gasteiger partial charge on any atom is 0.407 e. The summed E-state index contributed by atoms with van der Waals surface area (Å²) in [4.78, 5) is 24.4. The van der Waals surface area contributed by atoms with E-state index < -0.39 is 6.09 Å². The SMILES string of the molecule is O=C(O)N1CCOC[C@H]1CN(Cc1ccccc1)c1ncc2cc(Br)ccc2n1. The summed E-state index contributed by atoms with van der Waals surface area (Å²) in [5.74, 6) is 0.569. The van der Waals surface area contributed by atoms with Crippen LogP contribution >= 0.6 is 15.9 Å². The Morgan fingerprint density at radius 2 is 2.10 bits per heavy atom. The van der Waals surface area contributed by atoms with E-state index in [1.54, 1.807) is 6.20 Å². The molecule has 4 rings (SSSR count). The Bertz CT molecular complexity index is 1000. The van der Waals surface area contributed by atoms with Gasteiger partial charge >= 0.3 is 6.09 Å². The molecule has 8 heteroatoms. The molecule has 1 N–H and O–H groups in total. The smallest absolute Gasteiger partial charge is 0.407 e. The molecule has 1 atom stereocenters. The van der Waals surface area contributed by atoms with Crippen LogP contribution < -0.4 is 4.90 Å². The molecule has 1 fully saturated rings. The molecule has 29 heavy (non-hydrogen) atoms. The number of hydrogen-bond donors (Lipinski definition) is 1. The molecule has 1 aliphatic rings. The first-order valence-electron chi connectivity index (χ1n) is 9.38. The number of aromatic nitrogens is 2. The molecule has 150 valence electrons. The van der Waals surface area contributed by atoms with Gasteiger partial charge in [0.05, 0.1) is 24.8 Å². The van der Waals surface area contributed by atoms with E-state index >= 15 is 0 Å². The minimum atomic E-state index is -0.928. The molecular weight excluding hydrogens is 436 g/mol. The summed E-state index contributed by atoms with van der Waals surface area (Å²) in [5.41, 5.74) is 1.94. The molecule has 0 saturated carbocycles. The largest absolute Gasteiger partial charge is 0.465 e. The molecule has 1 saturated heterocycles. The Labute approximate surface area is 177 Å². The summed E-state index contributed by atoms with van der Waals surface area (Å²) in [5, 5.41) is 10.5. The predicted molar refractivity (Wildman–Crippen MR) is 114 cm³/mol. The van der Waals surface area contributed by atoms with E-state index in [4.69, 9.17) is 9.72 Å². The first kappa shape index (κ1) is 19.6. The Hall–Kier alpha value is -2.71. The van der Waals surface area contributed by atoms with Gasteiger partial charge in [-0.25, -0.2) is 14.8 Å². The van der Waals surface area contributed by atoms with Crippen LogP contribution in [0.3, 0.4) is 0 Å². The molecule has 0 unspecified atom stereocenters. The van der Waals surface area contributed by atoms with Crippen LogP contribution in [0.2, 0.25) is 0 Å². The van der Waals surface area contributed by atoms with E-state index in [1.807, 2.05) is 53.4 Å². The van der Waals surface area contributed by atoms with Crippen molar-refractivity contribution in [1.29, 1.82) is 0 Å². The van der Waals surface area contributed by atoms with Crippen molar-refractivity contribution < 1.29 is 14.6 Å². The number of benzene rings is 2. The Kier molecular flexibility index (Phi) is 5.92. The lowest BCUT2D eigenvalue weighted by Gasteiger charge is -2.36. The maximum atomic E-state index is 11.7. The molecule has 2 heterocycles. The van der Waals surface area contributed by atoms with Gasteiger partial charge in [-0.2, -0.15) is 0 Å². The fraction of sp³-hybridized carbons (Fsp3) is 0.286. The average molecular weight is 457 g/mol. The number of fused-ring (bicyclic) bond motifs is 1. The summed E-state index contributed by atoms with van der Waals surface area (Å²) >= 11 is 3.47. The highest BCUT2D eigenvalue weighted by Crippen LogP contribution is 2.22. The second kappa shape index (κ2) is 8.75. The predicted octanol–water partition coefficient (Wildman–Crippen LogP) is 3.78. The van der Waals surface area contributed by atoms with E-state index in [-0.39, 0.29) is 6.04 Å². The van der Waals surface area contributed by atoms with Crippen molar-refractivity contribution in [2.45, 2.75) is 12.6 Å². The number of morpholine rings is 1. The van der Waals surface area contributed by atoms with Crippen LogP contribution in [0.15, 0.2) is 59.2 Å². The molecular formula is C21H21BrN4O3. The summed E-state index contributed by atoms with van der Waals surface area (Å²) in [7, 11) is 0. The van der Waals surface area contributed by atoms with Crippen molar-refractivity contribution in [2.75, 3.05) is 31.2 Å². The zero-order valence-electron chi connectivity index (χ0n) is 15.7. The van der Waals surface area contributed by atoms with Crippen LogP contribution in [0.1, 0.15) is 5.56 Å². The fourth-order valence-electron chi connectivity index (χ4n) is 3.48. The van der Waals surface area contributed by atoms with Crippen LogP contribution in [0.25, 0.3) is 10.9 Å². The number of carbonyl (C=O) groups is 1. The third-order valence-corrected chi connectivity index (χ3v) is 5.43. The van der Waals surface area contributed by atoms with Crippen LogP contribution in [0.4, 0.5) is 10.7 Å². The minimum Gasteiger partial charge on any atom is -0.465 e. The van der Waals surface area contributed by atoms with E-state index in [0.29, 0.717) is 38.8 Å². The highest BCUT2D eigenvalue weighted by molar-refractivity contribution is 9.10. The topological polar surface area (TPSA) is 78.8 Å². The Morgan fingerprint density at radius 3 is 2.90 bits per heavy atom. The zero-order chi connectivity index (χ0) is 20.2. The van der Waals surface area contributed by atoms with Gasteiger partial charge in [0.2, 0.25) is 5.95 Å². The second-order valence-electron chi connectivity index (χ2n) is 6.94. The summed E-state index contributed by atoms with van der Waals surface area (Å²) in [6, 6.07) is 15.6. The second-order valence-corrected chi connectivity index (χ2v) is 7.86. The lowest BCUT2D eigenvalue weighted by atomic mass is 10.1. The maximum absolute atomic E-state index is 11.7. The van der Waals surface area contributed by atoms with Crippen molar-refractivity contribution in [3.8, 4) is 0 Å². The molecule has 0 radical (unpaired) electrons. The number of rotatable bonds is 5. The van der Waals surface area contributed by atoms with Gasteiger partial charge in [0.15, 0.2) is 0 Å². The van der Waals surface area contributed by atoms with Gasteiger partial charge in [-0.3, -0.25) is 4.90 Å². The van der Waals surface area contributed by atoms with Gasteiger partial charge in [-0.15, -0.1) is 0 Å². The van der Waals surface area contributed by atoms with E-state index in [0.717, 1.165) is 20.9 Å².